The summed E-state index contributed by atoms with van der Waals surface area (Å²) in [4.78, 5) is 29.9. The normalized spacial score (nSPS) is 13.4. The molecule has 3 aromatic rings. The first-order valence-corrected chi connectivity index (χ1v) is 10.8. The maximum Gasteiger partial charge on any atom is 0.410 e. The first-order valence-electron chi connectivity index (χ1n) is 10.8. The second-order valence-electron chi connectivity index (χ2n) is 7.98. The number of nitrogens with zero attached hydrogens (tertiary/aromatic N) is 2. The van der Waals surface area contributed by atoms with Crippen LogP contribution in [0.3, 0.4) is 0 Å². The molecule has 1 aromatic heterocycles. The highest BCUT2D eigenvalue weighted by atomic mass is 16.5. The van der Waals surface area contributed by atoms with E-state index in [0.29, 0.717) is 24.5 Å². The van der Waals surface area contributed by atoms with Gasteiger partial charge >= 0.3 is 6.09 Å². The van der Waals surface area contributed by atoms with Gasteiger partial charge < -0.3 is 20.1 Å². The number of hydrogen-bond donors (Lipinski definition) is 3. The summed E-state index contributed by atoms with van der Waals surface area (Å²) >= 11 is 0. The number of rotatable bonds is 7. The number of carbonyl (C=O) groups is 2. The Balaban J connectivity index is 1.54. The molecule has 1 atom stereocenters. The number of anilines is 2. The molecule has 8 heteroatoms. The number of aryl methyl sites for hydroxylation is 1. The summed E-state index contributed by atoms with van der Waals surface area (Å²) in [6, 6.07) is 16.9. The largest absolute Gasteiger partial charge is 0.465 e. The Morgan fingerprint density at radius 1 is 1.15 bits per heavy atom. The number of aromatic nitrogens is 1. The molecule has 2 amide bonds. The third-order valence-corrected chi connectivity index (χ3v) is 5.60. The van der Waals surface area contributed by atoms with Crippen LogP contribution in [-0.4, -0.2) is 33.5 Å². The maximum atomic E-state index is 12.7. The van der Waals surface area contributed by atoms with E-state index in [-0.39, 0.29) is 17.8 Å². The minimum Gasteiger partial charge on any atom is -0.465 e. The van der Waals surface area contributed by atoms with Gasteiger partial charge in [-0.15, -0.1) is 0 Å². The Kier molecular flexibility index (Phi) is 6.17. The molecule has 1 unspecified atom stereocenters. The average molecular weight is 447 g/mol. The molecule has 170 valence electrons. The summed E-state index contributed by atoms with van der Waals surface area (Å²) in [5, 5.41) is 14.7. The smallest absolute Gasteiger partial charge is 0.410 e. The van der Waals surface area contributed by atoms with Crippen LogP contribution >= 0.6 is 0 Å². The fourth-order valence-electron chi connectivity index (χ4n) is 3.76. The van der Waals surface area contributed by atoms with Crippen molar-refractivity contribution in [3.05, 3.63) is 76.9 Å². The second kappa shape index (κ2) is 9.20. The number of hydrogen-bond acceptors (Lipinski definition) is 5. The van der Waals surface area contributed by atoms with Crippen LogP contribution in [0.5, 0.6) is 11.5 Å². The molecule has 0 aliphatic carbocycles. The number of fused-ring (bicyclic) bond motifs is 1. The van der Waals surface area contributed by atoms with Crippen molar-refractivity contribution in [3.8, 4) is 11.5 Å². The Hall–Kier alpha value is -4.07. The average Bonchev–Trinajstić information content (AvgIpc) is 3.11. The van der Waals surface area contributed by atoms with Crippen molar-refractivity contribution in [1.82, 2.24) is 9.88 Å². The molecule has 0 spiro atoms. The Labute approximate surface area is 192 Å². The van der Waals surface area contributed by atoms with Gasteiger partial charge in [0.15, 0.2) is 0 Å². The van der Waals surface area contributed by atoms with Crippen LogP contribution in [0, 0.1) is 6.92 Å². The van der Waals surface area contributed by atoms with Gasteiger partial charge in [0.2, 0.25) is 0 Å². The van der Waals surface area contributed by atoms with E-state index < -0.39 is 6.09 Å². The van der Waals surface area contributed by atoms with E-state index in [1.807, 2.05) is 69.3 Å². The second-order valence-corrected chi connectivity index (χ2v) is 7.98. The summed E-state index contributed by atoms with van der Waals surface area (Å²) in [6.45, 7) is 6.91. The summed E-state index contributed by atoms with van der Waals surface area (Å²) in [5.41, 5.74) is 3.40. The third kappa shape index (κ3) is 4.90. The van der Waals surface area contributed by atoms with E-state index in [1.54, 1.807) is 4.90 Å². The lowest BCUT2D eigenvalue weighted by atomic mass is 10.1. The van der Waals surface area contributed by atoms with Gasteiger partial charge in [0, 0.05) is 18.2 Å². The van der Waals surface area contributed by atoms with E-state index in [0.717, 1.165) is 22.6 Å². The van der Waals surface area contributed by atoms with Crippen LogP contribution in [-0.2, 0) is 6.54 Å². The number of nitrogens with one attached hydrogen (secondary N) is 2. The number of carboxylic acid groups (broad SMARTS) is 1. The Bertz CT molecular complexity index is 1180. The van der Waals surface area contributed by atoms with E-state index in [9.17, 15) is 9.59 Å². The fourth-order valence-corrected chi connectivity index (χ4v) is 3.76. The van der Waals surface area contributed by atoms with Crippen LogP contribution in [0.15, 0.2) is 54.6 Å². The molecule has 8 nitrogen and oxygen atoms in total. The molecule has 0 fully saturated rings. The van der Waals surface area contributed by atoms with Crippen molar-refractivity contribution in [2.75, 3.05) is 17.2 Å². The molecule has 0 saturated heterocycles. The summed E-state index contributed by atoms with van der Waals surface area (Å²) in [7, 11) is 0. The summed E-state index contributed by atoms with van der Waals surface area (Å²) < 4.78 is 5.90. The van der Waals surface area contributed by atoms with Crippen molar-refractivity contribution in [1.29, 1.82) is 0 Å². The lowest BCUT2D eigenvalue weighted by molar-refractivity contribution is 0.0787. The molecular formula is C25H26N4O4. The van der Waals surface area contributed by atoms with E-state index in [4.69, 9.17) is 9.84 Å². The van der Waals surface area contributed by atoms with Crippen LogP contribution < -0.4 is 15.4 Å². The molecule has 4 rings (SSSR count). The predicted molar refractivity (Wildman–Crippen MR) is 126 cm³/mol. The molecule has 0 radical (unpaired) electrons. The summed E-state index contributed by atoms with van der Waals surface area (Å²) in [6.07, 6.45) is -1.23. The van der Waals surface area contributed by atoms with Crippen LogP contribution in [0.25, 0.3) is 0 Å². The van der Waals surface area contributed by atoms with Crippen molar-refractivity contribution in [2.24, 2.45) is 0 Å². The van der Waals surface area contributed by atoms with Gasteiger partial charge in [0.25, 0.3) is 5.91 Å². The third-order valence-electron chi connectivity index (χ3n) is 5.60. The predicted octanol–water partition coefficient (Wildman–Crippen LogP) is 5.42. The molecule has 0 saturated carbocycles. The molecule has 33 heavy (non-hydrogen) atoms. The van der Waals surface area contributed by atoms with Crippen LogP contribution in [0.4, 0.5) is 16.4 Å². The van der Waals surface area contributed by atoms with Gasteiger partial charge in [-0.05, 0) is 56.7 Å². The van der Waals surface area contributed by atoms with E-state index in [2.05, 4.69) is 15.6 Å². The molecule has 1 aliphatic rings. The molecule has 2 heterocycles. The van der Waals surface area contributed by atoms with Crippen LogP contribution in [0.2, 0.25) is 0 Å². The number of ether oxygens (including phenoxy) is 1. The summed E-state index contributed by atoms with van der Waals surface area (Å²) in [5.74, 6) is 1.98. The SMILES string of the molecule is CCN1Cc2c(cc(NC(=O)O)nc2NC(C)c2ccc(Oc3ccc(C)cc3)cc2)C1=O. The van der Waals surface area contributed by atoms with Crippen LogP contribution in [0.1, 0.15) is 46.9 Å². The van der Waals surface area contributed by atoms with Crippen molar-refractivity contribution in [3.63, 3.8) is 0 Å². The highest BCUT2D eigenvalue weighted by Gasteiger charge is 2.30. The zero-order valence-electron chi connectivity index (χ0n) is 18.8. The Morgan fingerprint density at radius 2 is 1.79 bits per heavy atom. The molecule has 2 aromatic carbocycles. The van der Waals surface area contributed by atoms with E-state index in [1.165, 1.54) is 11.6 Å². The van der Waals surface area contributed by atoms with Gasteiger partial charge in [-0.2, -0.15) is 0 Å². The number of benzene rings is 2. The topological polar surface area (TPSA) is 104 Å². The minimum absolute atomic E-state index is 0.115. The van der Waals surface area contributed by atoms with Gasteiger partial charge in [-0.1, -0.05) is 29.8 Å². The first-order chi connectivity index (χ1) is 15.8. The first kappa shape index (κ1) is 22.1. The molecular weight excluding hydrogens is 420 g/mol. The maximum absolute atomic E-state index is 12.7. The zero-order chi connectivity index (χ0) is 23.5. The van der Waals surface area contributed by atoms with Crippen molar-refractivity contribution < 1.29 is 19.4 Å². The molecule has 0 bridgehead atoms. The highest BCUT2D eigenvalue weighted by Crippen LogP contribution is 2.33. The minimum atomic E-state index is -1.23. The number of amides is 2. The lowest BCUT2D eigenvalue weighted by Crippen LogP contribution is -2.23. The standard InChI is InChI=1S/C25H26N4O4/c1-4-29-14-21-20(24(29)30)13-22(28-25(31)32)27-23(21)26-16(3)17-7-11-19(12-8-17)33-18-9-5-15(2)6-10-18/h5-13,16H,4,14H2,1-3H3,(H,31,32)(H2,26,27,28). The van der Waals surface area contributed by atoms with Crippen molar-refractivity contribution >= 4 is 23.6 Å². The van der Waals surface area contributed by atoms with Gasteiger partial charge in [-0.3, -0.25) is 10.1 Å². The van der Waals surface area contributed by atoms with Gasteiger partial charge in [0.1, 0.15) is 23.1 Å². The quantitative estimate of drug-likeness (QED) is 0.448. The molecule has 3 N–H and O–H groups in total. The number of pyridine rings is 1. The highest BCUT2D eigenvalue weighted by molar-refractivity contribution is 6.01. The monoisotopic (exact) mass is 446 g/mol. The van der Waals surface area contributed by atoms with Crippen molar-refractivity contribution in [2.45, 2.75) is 33.4 Å². The number of carbonyl (C=O) groups excluding carboxylic acids is 1. The Morgan fingerprint density at radius 3 is 2.39 bits per heavy atom. The molecule has 1 aliphatic heterocycles. The fraction of sp³-hybridized carbons (Fsp3) is 0.240. The van der Waals surface area contributed by atoms with E-state index >= 15 is 0 Å². The zero-order valence-corrected chi connectivity index (χ0v) is 18.8. The van der Waals surface area contributed by atoms with Gasteiger partial charge in [0.05, 0.1) is 12.1 Å². The van der Waals surface area contributed by atoms with Gasteiger partial charge in [-0.25, -0.2) is 9.78 Å². The lowest BCUT2D eigenvalue weighted by Gasteiger charge is -2.18.